The Morgan fingerprint density at radius 3 is 2.83 bits per heavy atom. The summed E-state index contributed by atoms with van der Waals surface area (Å²) >= 11 is 3.47. The van der Waals surface area contributed by atoms with E-state index in [2.05, 4.69) is 58.5 Å². The summed E-state index contributed by atoms with van der Waals surface area (Å²) in [4.78, 5) is 0. The second-order valence-corrected chi connectivity index (χ2v) is 5.65. The van der Waals surface area contributed by atoms with E-state index in [1.807, 2.05) is 23.9 Å². The third-order valence-corrected chi connectivity index (χ3v) is 3.28. The quantitative estimate of drug-likeness (QED) is 0.928. The molecule has 1 heterocycles. The zero-order valence-electron chi connectivity index (χ0n) is 10.9. The number of nitrogens with one attached hydrogen (secondary N) is 1. The number of aromatic nitrogens is 2. The standard InChI is InChI=1S/C14H18BrN3/c1-10(2)14-11(9-18(3)17-14)8-16-13-6-4-5-12(15)7-13/h4-7,9-10,16H,8H2,1-3H3. The maximum atomic E-state index is 4.51. The third kappa shape index (κ3) is 3.13. The highest BCUT2D eigenvalue weighted by molar-refractivity contribution is 9.10. The predicted molar refractivity (Wildman–Crippen MR) is 78.8 cm³/mol. The molecule has 2 rings (SSSR count). The molecule has 1 aromatic heterocycles. The molecule has 0 saturated heterocycles. The Morgan fingerprint density at radius 2 is 2.17 bits per heavy atom. The number of aryl methyl sites for hydroxylation is 1. The molecule has 0 atom stereocenters. The largest absolute Gasteiger partial charge is 0.381 e. The van der Waals surface area contributed by atoms with E-state index in [4.69, 9.17) is 0 Å². The first-order chi connectivity index (χ1) is 8.56. The van der Waals surface area contributed by atoms with Crippen LogP contribution in [0.2, 0.25) is 0 Å². The van der Waals surface area contributed by atoms with Gasteiger partial charge in [-0.15, -0.1) is 0 Å². The van der Waals surface area contributed by atoms with Gasteiger partial charge in [-0.05, 0) is 24.1 Å². The summed E-state index contributed by atoms with van der Waals surface area (Å²) < 4.78 is 2.97. The lowest BCUT2D eigenvalue weighted by Gasteiger charge is -2.08. The van der Waals surface area contributed by atoms with Gasteiger partial charge in [0.15, 0.2) is 0 Å². The third-order valence-electron chi connectivity index (χ3n) is 2.79. The monoisotopic (exact) mass is 307 g/mol. The number of rotatable bonds is 4. The molecule has 2 aromatic rings. The SMILES string of the molecule is CC(C)c1nn(C)cc1CNc1cccc(Br)c1. The van der Waals surface area contributed by atoms with Gasteiger partial charge in [-0.3, -0.25) is 4.68 Å². The highest BCUT2D eigenvalue weighted by Gasteiger charge is 2.10. The molecular weight excluding hydrogens is 290 g/mol. The Balaban J connectivity index is 2.10. The van der Waals surface area contributed by atoms with E-state index in [1.54, 1.807) is 0 Å². The highest BCUT2D eigenvalue weighted by atomic mass is 79.9. The smallest absolute Gasteiger partial charge is 0.0699 e. The molecule has 1 aromatic carbocycles. The number of hydrogen-bond acceptors (Lipinski definition) is 2. The highest BCUT2D eigenvalue weighted by Crippen LogP contribution is 2.20. The van der Waals surface area contributed by atoms with Crippen molar-refractivity contribution in [3.05, 3.63) is 46.2 Å². The van der Waals surface area contributed by atoms with Gasteiger partial charge in [0, 0.05) is 35.5 Å². The van der Waals surface area contributed by atoms with Crippen molar-refractivity contribution in [1.29, 1.82) is 0 Å². The van der Waals surface area contributed by atoms with Gasteiger partial charge in [0.05, 0.1) is 5.69 Å². The molecule has 0 fully saturated rings. The molecule has 0 aliphatic rings. The van der Waals surface area contributed by atoms with Crippen molar-refractivity contribution >= 4 is 21.6 Å². The topological polar surface area (TPSA) is 29.9 Å². The van der Waals surface area contributed by atoms with Gasteiger partial charge in [0.2, 0.25) is 0 Å². The fourth-order valence-corrected chi connectivity index (χ4v) is 2.37. The van der Waals surface area contributed by atoms with E-state index in [1.165, 1.54) is 11.3 Å². The van der Waals surface area contributed by atoms with Crippen LogP contribution >= 0.6 is 15.9 Å². The Bertz CT molecular complexity index is 532. The molecule has 0 saturated carbocycles. The normalized spacial score (nSPS) is 10.9. The Hall–Kier alpha value is -1.29. The van der Waals surface area contributed by atoms with Crippen LogP contribution in [-0.4, -0.2) is 9.78 Å². The van der Waals surface area contributed by atoms with E-state index in [0.717, 1.165) is 16.7 Å². The number of nitrogens with zero attached hydrogens (tertiary/aromatic N) is 2. The van der Waals surface area contributed by atoms with E-state index in [-0.39, 0.29) is 0 Å². The minimum Gasteiger partial charge on any atom is -0.381 e. The molecule has 1 N–H and O–H groups in total. The summed E-state index contributed by atoms with van der Waals surface area (Å²) in [6, 6.07) is 8.19. The molecule has 0 unspecified atom stereocenters. The summed E-state index contributed by atoms with van der Waals surface area (Å²) in [5.74, 6) is 0.450. The zero-order valence-corrected chi connectivity index (χ0v) is 12.5. The first-order valence-electron chi connectivity index (χ1n) is 6.08. The maximum Gasteiger partial charge on any atom is 0.0699 e. The Labute approximate surface area is 116 Å². The lowest BCUT2D eigenvalue weighted by Crippen LogP contribution is -2.02. The van der Waals surface area contributed by atoms with Gasteiger partial charge >= 0.3 is 0 Å². The van der Waals surface area contributed by atoms with E-state index < -0.39 is 0 Å². The number of hydrogen-bond donors (Lipinski definition) is 1. The molecule has 3 nitrogen and oxygen atoms in total. The summed E-state index contributed by atoms with van der Waals surface area (Å²) in [6.07, 6.45) is 2.08. The van der Waals surface area contributed by atoms with E-state index in [9.17, 15) is 0 Å². The second-order valence-electron chi connectivity index (χ2n) is 4.73. The average Bonchev–Trinajstić information content (AvgIpc) is 2.68. The minimum atomic E-state index is 0.450. The van der Waals surface area contributed by atoms with Crippen LogP contribution in [0.15, 0.2) is 34.9 Å². The first-order valence-corrected chi connectivity index (χ1v) is 6.87. The zero-order chi connectivity index (χ0) is 13.1. The lowest BCUT2D eigenvalue weighted by atomic mass is 10.1. The van der Waals surface area contributed by atoms with Gasteiger partial charge in [-0.2, -0.15) is 5.10 Å². The van der Waals surface area contributed by atoms with Crippen LogP contribution in [-0.2, 0) is 13.6 Å². The number of anilines is 1. The fraction of sp³-hybridized carbons (Fsp3) is 0.357. The molecule has 18 heavy (non-hydrogen) atoms. The summed E-state index contributed by atoms with van der Waals surface area (Å²) in [7, 11) is 1.97. The average molecular weight is 308 g/mol. The Kier molecular flexibility index (Phi) is 4.07. The van der Waals surface area contributed by atoms with Crippen LogP contribution < -0.4 is 5.32 Å². The lowest BCUT2D eigenvalue weighted by molar-refractivity contribution is 0.712. The van der Waals surface area contributed by atoms with Crippen molar-refractivity contribution in [2.45, 2.75) is 26.3 Å². The van der Waals surface area contributed by atoms with Crippen molar-refractivity contribution in [3.63, 3.8) is 0 Å². The molecule has 0 bridgehead atoms. The van der Waals surface area contributed by atoms with Gasteiger partial charge in [-0.1, -0.05) is 35.8 Å². The van der Waals surface area contributed by atoms with Gasteiger partial charge in [-0.25, -0.2) is 0 Å². The predicted octanol–water partition coefficient (Wildman–Crippen LogP) is 3.92. The molecule has 0 aliphatic carbocycles. The second kappa shape index (κ2) is 5.57. The van der Waals surface area contributed by atoms with Crippen LogP contribution in [0.1, 0.15) is 31.0 Å². The van der Waals surface area contributed by atoms with Crippen molar-refractivity contribution < 1.29 is 0 Å². The molecule has 0 spiro atoms. The van der Waals surface area contributed by atoms with Crippen LogP contribution in [0.25, 0.3) is 0 Å². The van der Waals surface area contributed by atoms with E-state index in [0.29, 0.717) is 5.92 Å². The van der Waals surface area contributed by atoms with Crippen LogP contribution in [0.3, 0.4) is 0 Å². The molecule has 4 heteroatoms. The summed E-state index contributed by atoms with van der Waals surface area (Å²) in [5, 5.41) is 7.93. The number of halogens is 1. The van der Waals surface area contributed by atoms with Crippen LogP contribution in [0.5, 0.6) is 0 Å². The van der Waals surface area contributed by atoms with Crippen molar-refractivity contribution in [2.24, 2.45) is 7.05 Å². The molecule has 96 valence electrons. The number of benzene rings is 1. The Morgan fingerprint density at radius 1 is 1.39 bits per heavy atom. The van der Waals surface area contributed by atoms with Crippen molar-refractivity contribution in [3.8, 4) is 0 Å². The van der Waals surface area contributed by atoms with Crippen molar-refractivity contribution in [2.75, 3.05) is 5.32 Å². The first kappa shape index (κ1) is 13.1. The fourth-order valence-electron chi connectivity index (χ4n) is 1.97. The summed E-state index contributed by atoms with van der Waals surface area (Å²) in [6.45, 7) is 5.15. The molecule has 0 aliphatic heterocycles. The van der Waals surface area contributed by atoms with E-state index >= 15 is 0 Å². The molecule has 0 radical (unpaired) electrons. The molecule has 0 amide bonds. The van der Waals surface area contributed by atoms with Crippen LogP contribution in [0, 0.1) is 0 Å². The minimum absolute atomic E-state index is 0.450. The summed E-state index contributed by atoms with van der Waals surface area (Å²) in [5.41, 5.74) is 3.54. The van der Waals surface area contributed by atoms with Gasteiger partial charge < -0.3 is 5.32 Å². The van der Waals surface area contributed by atoms with Gasteiger partial charge in [0.25, 0.3) is 0 Å². The van der Waals surface area contributed by atoms with Gasteiger partial charge in [0.1, 0.15) is 0 Å². The van der Waals surface area contributed by atoms with Crippen molar-refractivity contribution in [1.82, 2.24) is 9.78 Å². The molecular formula is C14H18BrN3. The van der Waals surface area contributed by atoms with Crippen LogP contribution in [0.4, 0.5) is 5.69 Å². The maximum absolute atomic E-state index is 4.51.